The standard InChI is InChI=1S/C29H30N4O4/c1-18-16-23-24(17-22(18)29(36)37)33(4)28(35)25(23)26(19-8-6-5-7-9-19)31-21-12-10-20(11-13-21)27(34)30-14-15-32(2)3/h5-13,16-17,31H,14-15H2,1-4H3,(H,30,34)(H,36,37). The van der Waals surface area contributed by atoms with Gasteiger partial charge in [-0.05, 0) is 68.5 Å². The Bertz CT molecular complexity index is 1380. The molecule has 1 aliphatic rings. The van der Waals surface area contributed by atoms with Crippen molar-refractivity contribution in [2.45, 2.75) is 6.92 Å². The first-order chi connectivity index (χ1) is 17.7. The van der Waals surface area contributed by atoms with Crippen LogP contribution < -0.4 is 15.5 Å². The van der Waals surface area contributed by atoms with Crippen molar-refractivity contribution in [2.24, 2.45) is 0 Å². The zero-order chi connectivity index (χ0) is 26.7. The Morgan fingerprint density at radius 3 is 2.27 bits per heavy atom. The maximum atomic E-state index is 13.5. The van der Waals surface area contributed by atoms with E-state index >= 15 is 0 Å². The second-order valence-corrected chi connectivity index (χ2v) is 9.23. The summed E-state index contributed by atoms with van der Waals surface area (Å²) in [6.45, 7) is 3.02. The van der Waals surface area contributed by atoms with E-state index in [-0.39, 0.29) is 17.4 Å². The Hall–Kier alpha value is -4.43. The smallest absolute Gasteiger partial charge is 0.336 e. The summed E-state index contributed by atoms with van der Waals surface area (Å²) >= 11 is 0. The lowest BCUT2D eigenvalue weighted by atomic mass is 9.96. The van der Waals surface area contributed by atoms with Gasteiger partial charge in [-0.15, -0.1) is 0 Å². The van der Waals surface area contributed by atoms with Gasteiger partial charge in [-0.25, -0.2) is 4.79 Å². The molecule has 1 aliphatic heterocycles. The topological polar surface area (TPSA) is 102 Å². The molecule has 3 aromatic rings. The van der Waals surface area contributed by atoms with E-state index in [1.165, 1.54) is 4.90 Å². The van der Waals surface area contributed by atoms with Crippen molar-refractivity contribution in [1.82, 2.24) is 10.2 Å². The number of amides is 2. The number of hydrogen-bond acceptors (Lipinski definition) is 5. The highest BCUT2D eigenvalue weighted by molar-refractivity contribution is 6.38. The van der Waals surface area contributed by atoms with Crippen LogP contribution in [0.4, 0.5) is 11.4 Å². The van der Waals surface area contributed by atoms with E-state index in [1.807, 2.05) is 49.3 Å². The van der Waals surface area contributed by atoms with Gasteiger partial charge in [0, 0.05) is 37.0 Å². The molecule has 0 bridgehead atoms. The van der Waals surface area contributed by atoms with Gasteiger partial charge in [-0.3, -0.25) is 9.59 Å². The maximum Gasteiger partial charge on any atom is 0.336 e. The van der Waals surface area contributed by atoms with E-state index < -0.39 is 5.97 Å². The van der Waals surface area contributed by atoms with Crippen molar-refractivity contribution in [3.8, 4) is 0 Å². The number of hydrogen-bond donors (Lipinski definition) is 3. The summed E-state index contributed by atoms with van der Waals surface area (Å²) in [5.41, 5.74) is 5.04. The molecule has 0 unspecified atom stereocenters. The number of carbonyl (C=O) groups excluding carboxylic acids is 2. The van der Waals surface area contributed by atoms with Crippen molar-refractivity contribution in [2.75, 3.05) is 44.4 Å². The van der Waals surface area contributed by atoms with Crippen LogP contribution >= 0.6 is 0 Å². The summed E-state index contributed by atoms with van der Waals surface area (Å²) in [5, 5.41) is 15.9. The number of fused-ring (bicyclic) bond motifs is 1. The molecule has 0 atom stereocenters. The normalized spacial score (nSPS) is 14.0. The second kappa shape index (κ2) is 10.7. The molecule has 0 fully saturated rings. The van der Waals surface area contributed by atoms with E-state index in [4.69, 9.17) is 0 Å². The van der Waals surface area contributed by atoms with Crippen LogP contribution in [0.15, 0.2) is 66.7 Å². The molecule has 0 aliphatic carbocycles. The number of nitrogens with one attached hydrogen (secondary N) is 2. The molecular formula is C29H30N4O4. The third-order valence-corrected chi connectivity index (χ3v) is 6.30. The first kappa shape index (κ1) is 25.7. The minimum atomic E-state index is -1.04. The summed E-state index contributed by atoms with van der Waals surface area (Å²) in [5.74, 6) is -1.42. The number of anilines is 2. The van der Waals surface area contributed by atoms with Crippen molar-refractivity contribution < 1.29 is 19.5 Å². The minimum Gasteiger partial charge on any atom is -0.478 e. The highest BCUT2D eigenvalue weighted by Gasteiger charge is 2.34. The largest absolute Gasteiger partial charge is 0.478 e. The van der Waals surface area contributed by atoms with Crippen molar-refractivity contribution in [3.05, 3.63) is 94.5 Å². The molecule has 0 aromatic heterocycles. The fourth-order valence-corrected chi connectivity index (χ4v) is 4.27. The predicted octanol–water partition coefficient (Wildman–Crippen LogP) is 3.94. The third-order valence-electron chi connectivity index (χ3n) is 6.30. The van der Waals surface area contributed by atoms with Crippen LogP contribution in [0.3, 0.4) is 0 Å². The summed E-state index contributed by atoms with van der Waals surface area (Å²) in [6.07, 6.45) is 0. The Morgan fingerprint density at radius 2 is 1.65 bits per heavy atom. The molecule has 0 radical (unpaired) electrons. The summed E-state index contributed by atoms with van der Waals surface area (Å²) in [4.78, 5) is 41.1. The first-order valence-corrected chi connectivity index (χ1v) is 11.9. The molecule has 8 heteroatoms. The summed E-state index contributed by atoms with van der Waals surface area (Å²) in [7, 11) is 5.54. The number of likely N-dealkylation sites (N-methyl/N-ethyl adjacent to an activating group) is 2. The van der Waals surface area contributed by atoms with Gasteiger partial charge in [-0.1, -0.05) is 30.3 Å². The zero-order valence-electron chi connectivity index (χ0n) is 21.3. The number of nitrogens with zero attached hydrogens (tertiary/aromatic N) is 2. The van der Waals surface area contributed by atoms with Gasteiger partial charge in [0.1, 0.15) is 0 Å². The van der Waals surface area contributed by atoms with E-state index in [0.717, 1.165) is 12.1 Å². The minimum absolute atomic E-state index is 0.152. The van der Waals surface area contributed by atoms with Crippen molar-refractivity contribution >= 4 is 40.4 Å². The van der Waals surface area contributed by atoms with Crippen LogP contribution in [0.5, 0.6) is 0 Å². The number of aromatic carboxylic acids is 1. The number of carbonyl (C=O) groups is 3. The van der Waals surface area contributed by atoms with Gasteiger partial charge >= 0.3 is 5.97 Å². The second-order valence-electron chi connectivity index (χ2n) is 9.23. The Morgan fingerprint density at radius 1 is 0.973 bits per heavy atom. The van der Waals surface area contributed by atoms with Crippen LogP contribution in [0.25, 0.3) is 11.3 Å². The molecule has 0 spiro atoms. The van der Waals surface area contributed by atoms with Gasteiger partial charge < -0.3 is 25.5 Å². The Kier molecular flexibility index (Phi) is 7.40. The van der Waals surface area contributed by atoms with Gasteiger partial charge in [0.2, 0.25) is 0 Å². The van der Waals surface area contributed by atoms with Crippen LogP contribution in [0, 0.1) is 6.92 Å². The molecule has 0 saturated heterocycles. The predicted molar refractivity (Wildman–Crippen MR) is 146 cm³/mol. The van der Waals surface area contributed by atoms with Crippen molar-refractivity contribution in [3.63, 3.8) is 0 Å². The Balaban J connectivity index is 1.73. The molecule has 2 amide bonds. The maximum absolute atomic E-state index is 13.5. The molecule has 8 nitrogen and oxygen atoms in total. The molecule has 190 valence electrons. The lowest BCUT2D eigenvalue weighted by Gasteiger charge is -2.16. The highest BCUT2D eigenvalue weighted by atomic mass is 16.4. The van der Waals surface area contributed by atoms with Gasteiger partial charge in [0.05, 0.1) is 22.5 Å². The quantitative estimate of drug-likeness (QED) is 0.407. The SMILES string of the molecule is Cc1cc2c(cc1C(=O)O)N(C)C(=O)C2=C(Nc1ccc(C(=O)NCCN(C)C)cc1)c1ccccc1. The third kappa shape index (κ3) is 5.39. The molecule has 3 aromatic carbocycles. The van der Waals surface area contributed by atoms with Gasteiger partial charge in [-0.2, -0.15) is 0 Å². The molecule has 3 N–H and O–H groups in total. The lowest BCUT2D eigenvalue weighted by molar-refractivity contribution is -0.112. The molecule has 1 heterocycles. The van der Waals surface area contributed by atoms with Gasteiger partial charge in [0.15, 0.2) is 0 Å². The lowest BCUT2D eigenvalue weighted by Crippen LogP contribution is -2.31. The van der Waals surface area contributed by atoms with E-state index in [2.05, 4.69) is 10.6 Å². The molecular weight excluding hydrogens is 468 g/mol. The number of aryl methyl sites for hydroxylation is 1. The number of benzene rings is 3. The first-order valence-electron chi connectivity index (χ1n) is 11.9. The van der Waals surface area contributed by atoms with Crippen LogP contribution in [-0.4, -0.2) is 62.0 Å². The number of carboxylic acids is 1. The molecule has 37 heavy (non-hydrogen) atoms. The average molecular weight is 499 g/mol. The number of carboxylic acid groups (broad SMARTS) is 1. The number of rotatable bonds is 8. The van der Waals surface area contributed by atoms with Crippen molar-refractivity contribution in [1.29, 1.82) is 0 Å². The summed E-state index contributed by atoms with van der Waals surface area (Å²) in [6, 6.07) is 19.9. The van der Waals surface area contributed by atoms with E-state index in [0.29, 0.717) is 45.9 Å². The molecule has 4 rings (SSSR count). The average Bonchev–Trinajstić information content (AvgIpc) is 3.11. The van der Waals surface area contributed by atoms with E-state index in [9.17, 15) is 19.5 Å². The monoisotopic (exact) mass is 498 g/mol. The Labute approximate surface area is 216 Å². The summed E-state index contributed by atoms with van der Waals surface area (Å²) < 4.78 is 0. The van der Waals surface area contributed by atoms with E-state index in [1.54, 1.807) is 50.4 Å². The van der Waals surface area contributed by atoms with Gasteiger partial charge in [0.25, 0.3) is 11.8 Å². The molecule has 0 saturated carbocycles. The fourth-order valence-electron chi connectivity index (χ4n) is 4.27. The van der Waals surface area contributed by atoms with Crippen LogP contribution in [0.2, 0.25) is 0 Å². The zero-order valence-corrected chi connectivity index (χ0v) is 21.3. The highest BCUT2D eigenvalue weighted by Crippen LogP contribution is 2.41. The van der Waals surface area contributed by atoms with Crippen LogP contribution in [-0.2, 0) is 4.79 Å². The fraction of sp³-hybridized carbons (Fsp3) is 0.207. The van der Waals surface area contributed by atoms with Crippen LogP contribution in [0.1, 0.15) is 37.4 Å².